The van der Waals surface area contributed by atoms with Crippen molar-refractivity contribution in [1.29, 1.82) is 5.26 Å². The molecule has 15 heavy (non-hydrogen) atoms. The zero-order valence-electron chi connectivity index (χ0n) is 9.12. The molecule has 0 heterocycles. The number of methoxy groups -OCH3 is 1. The Morgan fingerprint density at radius 2 is 2.27 bits per heavy atom. The number of nitrogens with zero attached hydrogens (tertiary/aromatic N) is 1. The molecule has 0 aliphatic heterocycles. The summed E-state index contributed by atoms with van der Waals surface area (Å²) in [7, 11) is 1.69. The van der Waals surface area contributed by atoms with E-state index in [0.29, 0.717) is 0 Å². The van der Waals surface area contributed by atoms with Crippen molar-refractivity contribution in [2.75, 3.05) is 12.9 Å². The van der Waals surface area contributed by atoms with E-state index < -0.39 is 0 Å². The van der Waals surface area contributed by atoms with E-state index in [2.05, 4.69) is 18.4 Å². The molecule has 0 atom stereocenters. The van der Waals surface area contributed by atoms with E-state index in [1.165, 1.54) is 22.9 Å². The van der Waals surface area contributed by atoms with Crippen LogP contribution >= 0.6 is 11.8 Å². The summed E-state index contributed by atoms with van der Waals surface area (Å²) in [4.78, 5) is 0. The lowest BCUT2D eigenvalue weighted by Gasteiger charge is -2.08. The maximum absolute atomic E-state index is 8.40. The molecule has 0 fully saturated rings. The fourth-order valence-corrected chi connectivity index (χ4v) is 1.86. The summed E-state index contributed by atoms with van der Waals surface area (Å²) in [6.07, 6.45) is 1.98. The molecule has 1 aromatic rings. The zero-order chi connectivity index (χ0) is 11.1. The highest BCUT2D eigenvalue weighted by Crippen LogP contribution is 2.21. The van der Waals surface area contributed by atoms with Gasteiger partial charge in [0.25, 0.3) is 0 Å². The first-order chi connectivity index (χ1) is 7.27. The summed E-state index contributed by atoms with van der Waals surface area (Å²) >= 11 is 1.31. The molecule has 3 heteroatoms. The molecular formula is C12H15NOS. The number of thiocyanates is 1. The van der Waals surface area contributed by atoms with Crippen molar-refractivity contribution in [1.82, 2.24) is 0 Å². The number of ether oxygens (including phenoxy) is 1. The Hall–Kier alpha value is -1.14. The quantitative estimate of drug-likeness (QED) is 0.565. The summed E-state index contributed by atoms with van der Waals surface area (Å²) in [5, 5.41) is 10.5. The van der Waals surface area contributed by atoms with Gasteiger partial charge in [-0.1, -0.05) is 17.7 Å². The monoisotopic (exact) mass is 221 g/mol. The molecule has 0 aromatic heterocycles. The van der Waals surface area contributed by atoms with E-state index in [4.69, 9.17) is 10.00 Å². The molecule has 0 aliphatic carbocycles. The standard InChI is InChI=1S/C12H15NOS/c1-10-5-6-12(14-2)11(8-10)4-3-7-15-9-13/h5-6,8H,3-4,7H2,1-2H3. The van der Waals surface area contributed by atoms with Crippen LogP contribution < -0.4 is 4.74 Å². The van der Waals surface area contributed by atoms with Crippen LogP contribution in [0.2, 0.25) is 0 Å². The highest BCUT2D eigenvalue weighted by Gasteiger charge is 2.02. The SMILES string of the molecule is COc1ccc(C)cc1CCCSC#N. The summed E-state index contributed by atoms with van der Waals surface area (Å²) in [5.74, 6) is 1.83. The second-order valence-electron chi connectivity index (χ2n) is 3.36. The third kappa shape index (κ3) is 3.85. The Kier molecular flexibility index (Phi) is 5.06. The lowest BCUT2D eigenvalue weighted by atomic mass is 10.1. The average molecular weight is 221 g/mol. The van der Waals surface area contributed by atoms with Gasteiger partial charge in [-0.3, -0.25) is 0 Å². The molecule has 0 radical (unpaired) electrons. The fraction of sp³-hybridized carbons (Fsp3) is 0.417. The molecule has 0 bridgehead atoms. The predicted octanol–water partition coefficient (Wildman–Crippen LogP) is 3.15. The normalized spacial score (nSPS) is 9.67. The van der Waals surface area contributed by atoms with E-state index in [-0.39, 0.29) is 0 Å². The minimum atomic E-state index is 0.883. The largest absolute Gasteiger partial charge is 0.496 e. The Morgan fingerprint density at radius 3 is 2.93 bits per heavy atom. The number of hydrogen-bond acceptors (Lipinski definition) is 3. The number of aryl methyl sites for hydroxylation is 2. The zero-order valence-corrected chi connectivity index (χ0v) is 9.93. The van der Waals surface area contributed by atoms with Gasteiger partial charge in [0, 0.05) is 5.75 Å². The van der Waals surface area contributed by atoms with E-state index in [9.17, 15) is 0 Å². The van der Waals surface area contributed by atoms with Gasteiger partial charge in [-0.25, -0.2) is 0 Å². The van der Waals surface area contributed by atoms with Gasteiger partial charge in [-0.05, 0) is 43.2 Å². The number of benzene rings is 1. The van der Waals surface area contributed by atoms with Crippen molar-refractivity contribution in [3.63, 3.8) is 0 Å². The number of rotatable bonds is 5. The van der Waals surface area contributed by atoms with Crippen molar-refractivity contribution >= 4 is 11.8 Å². The Morgan fingerprint density at radius 1 is 1.47 bits per heavy atom. The molecule has 2 nitrogen and oxygen atoms in total. The molecule has 1 aromatic carbocycles. The van der Waals surface area contributed by atoms with Gasteiger partial charge >= 0.3 is 0 Å². The highest BCUT2D eigenvalue weighted by molar-refractivity contribution is 8.03. The summed E-state index contributed by atoms with van der Waals surface area (Å²) < 4.78 is 5.29. The number of thioether (sulfide) groups is 1. The van der Waals surface area contributed by atoms with Crippen molar-refractivity contribution in [3.05, 3.63) is 29.3 Å². The van der Waals surface area contributed by atoms with Crippen LogP contribution in [-0.4, -0.2) is 12.9 Å². The third-order valence-corrected chi connectivity index (χ3v) is 2.81. The van der Waals surface area contributed by atoms with Crippen LogP contribution in [0, 0.1) is 17.6 Å². The van der Waals surface area contributed by atoms with Gasteiger partial charge in [-0.2, -0.15) is 5.26 Å². The number of nitriles is 1. The van der Waals surface area contributed by atoms with Gasteiger partial charge in [0.05, 0.1) is 7.11 Å². The maximum atomic E-state index is 8.40. The van der Waals surface area contributed by atoms with Crippen molar-refractivity contribution in [2.24, 2.45) is 0 Å². The molecule has 80 valence electrons. The van der Waals surface area contributed by atoms with Crippen molar-refractivity contribution in [2.45, 2.75) is 19.8 Å². The van der Waals surface area contributed by atoms with Gasteiger partial charge in [0.2, 0.25) is 0 Å². The van der Waals surface area contributed by atoms with Crippen LogP contribution in [0.1, 0.15) is 17.5 Å². The van der Waals surface area contributed by atoms with E-state index in [0.717, 1.165) is 24.3 Å². The molecule has 1 rings (SSSR count). The predicted molar refractivity (Wildman–Crippen MR) is 64.1 cm³/mol. The van der Waals surface area contributed by atoms with Crippen LogP contribution in [0.3, 0.4) is 0 Å². The minimum Gasteiger partial charge on any atom is -0.496 e. The second kappa shape index (κ2) is 6.36. The van der Waals surface area contributed by atoms with Crippen LogP contribution in [0.4, 0.5) is 0 Å². The third-order valence-electron chi connectivity index (χ3n) is 2.19. The molecule has 0 N–H and O–H groups in total. The van der Waals surface area contributed by atoms with Crippen LogP contribution in [0.5, 0.6) is 5.75 Å². The molecular weight excluding hydrogens is 206 g/mol. The average Bonchev–Trinajstić information content (AvgIpc) is 2.25. The van der Waals surface area contributed by atoms with Gasteiger partial charge in [0.1, 0.15) is 11.2 Å². The summed E-state index contributed by atoms with van der Waals surface area (Å²) in [6, 6.07) is 6.20. The Bertz CT molecular complexity index is 357. The second-order valence-corrected chi connectivity index (χ2v) is 4.24. The van der Waals surface area contributed by atoms with E-state index in [1.807, 2.05) is 12.1 Å². The molecule has 0 saturated heterocycles. The van der Waals surface area contributed by atoms with E-state index in [1.54, 1.807) is 7.11 Å². The van der Waals surface area contributed by atoms with E-state index >= 15 is 0 Å². The van der Waals surface area contributed by atoms with Gasteiger partial charge < -0.3 is 4.74 Å². The topological polar surface area (TPSA) is 33.0 Å². The van der Waals surface area contributed by atoms with Crippen molar-refractivity contribution < 1.29 is 4.74 Å². The Balaban J connectivity index is 2.58. The minimum absolute atomic E-state index is 0.883. The lowest BCUT2D eigenvalue weighted by molar-refractivity contribution is 0.409. The van der Waals surface area contributed by atoms with Gasteiger partial charge in [0.15, 0.2) is 0 Å². The first-order valence-electron chi connectivity index (χ1n) is 4.92. The van der Waals surface area contributed by atoms with Crippen molar-refractivity contribution in [3.8, 4) is 11.2 Å². The molecule has 0 aliphatic rings. The molecule has 0 spiro atoms. The molecule has 0 unspecified atom stereocenters. The summed E-state index contributed by atoms with van der Waals surface area (Å²) in [6.45, 7) is 2.08. The molecule has 0 amide bonds. The first kappa shape index (κ1) is 11.9. The smallest absolute Gasteiger partial charge is 0.133 e. The lowest BCUT2D eigenvalue weighted by Crippen LogP contribution is -1.94. The fourth-order valence-electron chi connectivity index (χ4n) is 1.48. The maximum Gasteiger partial charge on any atom is 0.133 e. The van der Waals surface area contributed by atoms with Crippen LogP contribution in [0.15, 0.2) is 18.2 Å². The molecule has 0 saturated carbocycles. The van der Waals surface area contributed by atoms with Gasteiger partial charge in [-0.15, -0.1) is 0 Å². The first-order valence-corrected chi connectivity index (χ1v) is 5.91. The number of hydrogen-bond donors (Lipinski definition) is 0. The van der Waals surface area contributed by atoms with Crippen LogP contribution in [-0.2, 0) is 6.42 Å². The van der Waals surface area contributed by atoms with Crippen LogP contribution in [0.25, 0.3) is 0 Å². The Labute approximate surface area is 95.3 Å². The summed E-state index contributed by atoms with van der Waals surface area (Å²) in [5.41, 5.74) is 2.48. The highest BCUT2D eigenvalue weighted by atomic mass is 32.2.